The summed E-state index contributed by atoms with van der Waals surface area (Å²) >= 11 is 0. The van der Waals surface area contributed by atoms with Gasteiger partial charge in [0.1, 0.15) is 18.0 Å². The maximum Gasteiger partial charge on any atom is 0.417 e. The molecule has 0 saturated carbocycles. The minimum Gasteiger partial charge on any atom is -0.447 e. The predicted octanol–water partition coefficient (Wildman–Crippen LogP) is 1.51. The van der Waals surface area contributed by atoms with Crippen LogP contribution in [0.5, 0.6) is 6.08 Å². The molecule has 0 radical (unpaired) electrons. The number of nitrogens with zero attached hydrogens (tertiary/aromatic N) is 3. The van der Waals surface area contributed by atoms with E-state index in [1.165, 1.54) is 12.1 Å². The summed E-state index contributed by atoms with van der Waals surface area (Å²) in [5.41, 5.74) is -0.0838. The molecule has 132 valence electrons. The average Bonchev–Trinajstić information content (AvgIpc) is 3.07. The smallest absolute Gasteiger partial charge is 0.417 e. The van der Waals surface area contributed by atoms with Crippen molar-refractivity contribution in [1.29, 1.82) is 0 Å². The number of carbonyl (C=O) groups is 2. The molecule has 1 fully saturated rings. The van der Waals surface area contributed by atoms with E-state index in [2.05, 4.69) is 15.5 Å². The molecule has 1 aromatic carbocycles. The Kier molecular flexibility index (Phi) is 4.39. The Morgan fingerprint density at radius 2 is 2.00 bits per heavy atom. The second-order valence-corrected chi connectivity index (χ2v) is 6.14. The summed E-state index contributed by atoms with van der Waals surface area (Å²) in [6, 6.07) is 5.51. The molecule has 0 aliphatic carbocycles. The van der Waals surface area contributed by atoms with Crippen LogP contribution in [0.1, 0.15) is 25.2 Å². The summed E-state index contributed by atoms with van der Waals surface area (Å²) in [5, 5.41) is 6.35. The van der Waals surface area contributed by atoms with Crippen LogP contribution in [-0.4, -0.2) is 45.7 Å². The van der Waals surface area contributed by atoms with E-state index in [1.807, 2.05) is 0 Å². The van der Waals surface area contributed by atoms with E-state index in [0.29, 0.717) is 12.2 Å². The number of rotatable bonds is 6. The Labute approximate surface area is 142 Å². The third-order valence-corrected chi connectivity index (χ3v) is 3.71. The number of halogens is 1. The molecular formula is C16H17FN4O4. The lowest BCUT2D eigenvalue weighted by molar-refractivity contribution is -0.130. The first-order valence-corrected chi connectivity index (χ1v) is 7.69. The van der Waals surface area contributed by atoms with Crippen LogP contribution in [0.4, 0.5) is 9.18 Å². The van der Waals surface area contributed by atoms with E-state index in [4.69, 9.17) is 9.26 Å². The third-order valence-electron chi connectivity index (χ3n) is 3.71. The fraction of sp³-hybridized carbons (Fsp3) is 0.375. The number of ether oxygens (including phenoxy) is 1. The third kappa shape index (κ3) is 3.76. The Morgan fingerprint density at radius 3 is 2.64 bits per heavy atom. The van der Waals surface area contributed by atoms with Crippen molar-refractivity contribution in [3.8, 4) is 6.08 Å². The Morgan fingerprint density at radius 1 is 1.28 bits per heavy atom. The van der Waals surface area contributed by atoms with E-state index < -0.39 is 11.6 Å². The highest BCUT2D eigenvalue weighted by molar-refractivity contribution is 6.06. The quantitative estimate of drug-likeness (QED) is 0.795. The zero-order valence-electron chi connectivity index (χ0n) is 13.8. The molecule has 0 atom stereocenters. The molecule has 8 nitrogen and oxygen atoms in total. The minimum atomic E-state index is -0.913. The molecule has 2 aromatic rings. The van der Waals surface area contributed by atoms with Crippen molar-refractivity contribution < 1.29 is 23.2 Å². The van der Waals surface area contributed by atoms with Gasteiger partial charge >= 0.3 is 12.1 Å². The Bertz CT molecular complexity index is 788. The first-order chi connectivity index (χ1) is 11.8. The lowest BCUT2D eigenvalue weighted by Crippen LogP contribution is -2.40. The van der Waals surface area contributed by atoms with Crippen LogP contribution in [0.25, 0.3) is 0 Å². The number of nitrogens with one attached hydrogen (secondary N) is 1. The Hall–Kier alpha value is -2.97. The molecule has 1 aliphatic heterocycles. The summed E-state index contributed by atoms with van der Waals surface area (Å²) in [6.45, 7) is 3.37. The maximum absolute atomic E-state index is 12.9. The number of hydrogen-bond donors (Lipinski definition) is 1. The number of urea groups is 1. The number of carbonyl (C=O) groups excluding carboxylic acids is 2. The van der Waals surface area contributed by atoms with Crippen LogP contribution in [0, 0.1) is 5.82 Å². The van der Waals surface area contributed by atoms with Gasteiger partial charge < -0.3 is 10.1 Å². The molecule has 9 heteroatoms. The van der Waals surface area contributed by atoms with Gasteiger partial charge in [0, 0.05) is 6.42 Å². The molecule has 1 N–H and O–H groups in total. The van der Waals surface area contributed by atoms with Crippen molar-refractivity contribution in [3.05, 3.63) is 41.5 Å². The molecule has 3 rings (SSSR count). The lowest BCUT2D eigenvalue weighted by Gasteiger charge is -2.15. The molecule has 1 saturated heterocycles. The van der Waals surface area contributed by atoms with Crippen molar-refractivity contribution in [1.82, 2.24) is 20.4 Å². The normalized spacial score (nSPS) is 16.2. The zero-order valence-corrected chi connectivity index (χ0v) is 13.8. The molecule has 1 aromatic heterocycles. The van der Waals surface area contributed by atoms with Gasteiger partial charge in [0.15, 0.2) is 5.82 Å². The summed E-state index contributed by atoms with van der Waals surface area (Å²) < 4.78 is 23.1. The summed E-state index contributed by atoms with van der Waals surface area (Å²) in [6.07, 6.45) is 0.317. The second-order valence-electron chi connectivity index (χ2n) is 6.14. The second kappa shape index (κ2) is 6.50. The molecule has 0 bridgehead atoms. The van der Waals surface area contributed by atoms with Gasteiger partial charge in [-0.2, -0.15) is 4.98 Å². The van der Waals surface area contributed by atoms with Crippen LogP contribution in [0.15, 0.2) is 28.8 Å². The van der Waals surface area contributed by atoms with E-state index in [0.717, 1.165) is 10.5 Å². The number of hydrogen-bond acceptors (Lipinski definition) is 6. The van der Waals surface area contributed by atoms with Crippen LogP contribution < -0.4 is 10.1 Å². The van der Waals surface area contributed by atoms with Gasteiger partial charge in [0.05, 0.1) is 6.54 Å². The number of imide groups is 1. The summed E-state index contributed by atoms with van der Waals surface area (Å²) in [4.78, 5) is 28.9. The molecule has 3 amide bonds. The molecule has 1 aliphatic rings. The Balaban J connectivity index is 1.51. The number of aromatic nitrogens is 2. The van der Waals surface area contributed by atoms with Crippen LogP contribution in [0.3, 0.4) is 0 Å². The average molecular weight is 348 g/mol. The predicted molar refractivity (Wildman–Crippen MR) is 83.3 cm³/mol. The number of amides is 3. The first kappa shape index (κ1) is 16.9. The van der Waals surface area contributed by atoms with Gasteiger partial charge in [-0.15, -0.1) is 0 Å². The van der Waals surface area contributed by atoms with E-state index in [-0.39, 0.29) is 31.0 Å². The van der Waals surface area contributed by atoms with Gasteiger partial charge in [-0.05, 0) is 31.5 Å². The highest BCUT2D eigenvalue weighted by Gasteiger charge is 2.43. The molecule has 0 unspecified atom stereocenters. The highest BCUT2D eigenvalue weighted by atomic mass is 19.1. The van der Waals surface area contributed by atoms with Gasteiger partial charge in [0.25, 0.3) is 5.91 Å². The van der Waals surface area contributed by atoms with Crippen LogP contribution in [0.2, 0.25) is 0 Å². The molecular weight excluding hydrogens is 331 g/mol. The fourth-order valence-corrected chi connectivity index (χ4v) is 2.40. The van der Waals surface area contributed by atoms with Crippen LogP contribution >= 0.6 is 0 Å². The van der Waals surface area contributed by atoms with Gasteiger partial charge in [-0.3, -0.25) is 14.2 Å². The standard InChI is InChI=1S/C16H17FN4O4/c1-16(2)13(22)21(14(23)19-16)7-8-24-15-18-12(20-25-15)9-10-3-5-11(17)6-4-10/h3-6H,7-9H2,1-2H3,(H,19,23). The maximum atomic E-state index is 12.9. The molecule has 0 spiro atoms. The highest BCUT2D eigenvalue weighted by Crippen LogP contribution is 2.16. The van der Waals surface area contributed by atoms with E-state index in [1.54, 1.807) is 26.0 Å². The van der Waals surface area contributed by atoms with Gasteiger partial charge in [0.2, 0.25) is 0 Å². The van der Waals surface area contributed by atoms with Crippen molar-refractivity contribution in [3.63, 3.8) is 0 Å². The minimum absolute atomic E-state index is 0.0351. The monoisotopic (exact) mass is 348 g/mol. The fourth-order valence-electron chi connectivity index (χ4n) is 2.40. The van der Waals surface area contributed by atoms with E-state index >= 15 is 0 Å². The van der Waals surface area contributed by atoms with Gasteiger partial charge in [-0.25, -0.2) is 9.18 Å². The summed E-state index contributed by atoms with van der Waals surface area (Å²) in [5.74, 6) is -0.245. The van der Waals surface area contributed by atoms with Crippen molar-refractivity contribution in [2.24, 2.45) is 0 Å². The van der Waals surface area contributed by atoms with E-state index in [9.17, 15) is 14.0 Å². The van der Waals surface area contributed by atoms with Crippen molar-refractivity contribution in [2.75, 3.05) is 13.2 Å². The van der Waals surface area contributed by atoms with Gasteiger partial charge in [-0.1, -0.05) is 17.3 Å². The largest absolute Gasteiger partial charge is 0.447 e. The lowest BCUT2D eigenvalue weighted by atomic mass is 10.1. The molecule has 2 heterocycles. The topological polar surface area (TPSA) is 97.6 Å². The first-order valence-electron chi connectivity index (χ1n) is 7.69. The zero-order chi connectivity index (χ0) is 18.0. The number of benzene rings is 1. The van der Waals surface area contributed by atoms with Crippen LogP contribution in [-0.2, 0) is 11.2 Å². The summed E-state index contributed by atoms with van der Waals surface area (Å²) in [7, 11) is 0. The van der Waals surface area contributed by atoms with Crippen molar-refractivity contribution in [2.45, 2.75) is 25.8 Å². The molecule has 25 heavy (non-hydrogen) atoms. The SMILES string of the molecule is CC1(C)NC(=O)N(CCOc2nc(Cc3ccc(F)cc3)no2)C1=O. The van der Waals surface area contributed by atoms with Crippen molar-refractivity contribution >= 4 is 11.9 Å².